The van der Waals surface area contributed by atoms with Crippen LogP contribution in [0.3, 0.4) is 0 Å². The van der Waals surface area contributed by atoms with Crippen LogP contribution in [0, 0.1) is 5.82 Å². The molecule has 0 fully saturated rings. The Morgan fingerprint density at radius 2 is 2.13 bits per heavy atom. The highest BCUT2D eigenvalue weighted by molar-refractivity contribution is 5.80. The molecule has 0 saturated heterocycles. The van der Waals surface area contributed by atoms with Crippen molar-refractivity contribution >= 4 is 17.7 Å². The number of halogens is 1. The normalized spacial score (nSPS) is 14.9. The van der Waals surface area contributed by atoms with Gasteiger partial charge in [0.15, 0.2) is 0 Å². The summed E-state index contributed by atoms with van der Waals surface area (Å²) >= 11 is 0. The second kappa shape index (κ2) is 10.2. The van der Waals surface area contributed by atoms with Crippen molar-refractivity contribution in [1.29, 1.82) is 0 Å². The smallest absolute Gasteiger partial charge is 0.312 e. The van der Waals surface area contributed by atoms with Crippen LogP contribution in [0.25, 0.3) is 0 Å². The average molecular weight is 414 g/mol. The lowest BCUT2D eigenvalue weighted by molar-refractivity contribution is -0.138. The predicted molar refractivity (Wildman–Crippen MR) is 112 cm³/mol. The summed E-state index contributed by atoms with van der Waals surface area (Å²) in [5.74, 6) is -1.95. The van der Waals surface area contributed by atoms with Gasteiger partial charge in [-0.3, -0.25) is 9.59 Å². The number of carbonyl (C=O) groups is 2. The molecule has 8 heteroatoms. The molecule has 2 heterocycles. The number of benzene rings is 1. The summed E-state index contributed by atoms with van der Waals surface area (Å²) in [7, 11) is 0. The van der Waals surface area contributed by atoms with E-state index in [-0.39, 0.29) is 24.9 Å². The number of hydrogen-bond donors (Lipinski definition) is 4. The van der Waals surface area contributed by atoms with Crippen LogP contribution in [0.4, 0.5) is 10.2 Å². The number of aromatic nitrogens is 1. The van der Waals surface area contributed by atoms with Gasteiger partial charge in [-0.05, 0) is 49.1 Å². The first-order chi connectivity index (χ1) is 14.4. The minimum absolute atomic E-state index is 0.0949. The second-order valence-electron chi connectivity index (χ2n) is 7.58. The molecule has 4 N–H and O–H groups in total. The average Bonchev–Trinajstić information content (AvgIpc) is 2.72. The number of aryl methyl sites for hydroxylation is 1. The number of amides is 1. The zero-order chi connectivity index (χ0) is 21.5. The first-order valence-electron chi connectivity index (χ1n) is 10.1. The van der Waals surface area contributed by atoms with E-state index in [2.05, 4.69) is 27.0 Å². The Labute approximate surface area is 175 Å². The SMILES string of the molecule is C[C@@H](CC(=O)NCC(C(=O)O)c1cccc(F)c1)NCc1ccc2c(n1)NCCC2. The first-order valence-corrected chi connectivity index (χ1v) is 10.1. The Kier molecular flexibility index (Phi) is 7.35. The Hall–Kier alpha value is -3.00. The Balaban J connectivity index is 1.46. The van der Waals surface area contributed by atoms with Crippen molar-refractivity contribution in [1.82, 2.24) is 15.6 Å². The number of fused-ring (bicyclic) bond motifs is 1. The molecule has 0 radical (unpaired) electrons. The molecule has 3 rings (SSSR count). The Bertz CT molecular complexity index is 906. The maximum atomic E-state index is 13.4. The molecule has 1 aromatic carbocycles. The zero-order valence-electron chi connectivity index (χ0n) is 17.0. The van der Waals surface area contributed by atoms with Crippen LogP contribution in [0.1, 0.15) is 42.5 Å². The second-order valence-corrected chi connectivity index (χ2v) is 7.58. The molecule has 1 aliphatic heterocycles. The van der Waals surface area contributed by atoms with Crippen molar-refractivity contribution in [3.63, 3.8) is 0 Å². The third-order valence-corrected chi connectivity index (χ3v) is 5.13. The van der Waals surface area contributed by atoms with E-state index in [4.69, 9.17) is 0 Å². The number of anilines is 1. The quantitative estimate of drug-likeness (QED) is 0.503. The number of carboxylic acids is 1. The molecule has 1 aliphatic rings. The van der Waals surface area contributed by atoms with Crippen molar-refractivity contribution in [2.24, 2.45) is 0 Å². The number of aliphatic carboxylic acids is 1. The van der Waals surface area contributed by atoms with Gasteiger partial charge in [-0.1, -0.05) is 18.2 Å². The topological polar surface area (TPSA) is 103 Å². The van der Waals surface area contributed by atoms with Crippen molar-refractivity contribution in [2.45, 2.75) is 44.7 Å². The number of carboxylic acid groups (broad SMARTS) is 1. The number of nitrogens with zero attached hydrogens (tertiary/aromatic N) is 1. The van der Waals surface area contributed by atoms with Crippen LogP contribution in [0.5, 0.6) is 0 Å². The van der Waals surface area contributed by atoms with Gasteiger partial charge in [0.1, 0.15) is 11.6 Å². The third kappa shape index (κ3) is 6.00. The third-order valence-electron chi connectivity index (χ3n) is 5.13. The Morgan fingerprint density at radius 1 is 1.30 bits per heavy atom. The van der Waals surface area contributed by atoms with Crippen LogP contribution < -0.4 is 16.0 Å². The number of rotatable bonds is 9. The van der Waals surface area contributed by atoms with Crippen LogP contribution in [0.15, 0.2) is 36.4 Å². The lowest BCUT2D eigenvalue weighted by Gasteiger charge is -2.19. The van der Waals surface area contributed by atoms with Crippen LogP contribution >= 0.6 is 0 Å². The van der Waals surface area contributed by atoms with Gasteiger partial charge >= 0.3 is 5.97 Å². The van der Waals surface area contributed by atoms with Crippen LogP contribution in [-0.2, 0) is 22.6 Å². The molecule has 0 spiro atoms. The molecule has 0 aliphatic carbocycles. The molecule has 1 amide bonds. The van der Waals surface area contributed by atoms with Gasteiger partial charge in [0.25, 0.3) is 0 Å². The minimum Gasteiger partial charge on any atom is -0.481 e. The molecule has 0 bridgehead atoms. The molecule has 2 atom stereocenters. The summed E-state index contributed by atoms with van der Waals surface area (Å²) in [6, 6.07) is 9.38. The molecule has 30 heavy (non-hydrogen) atoms. The van der Waals surface area contributed by atoms with Gasteiger partial charge < -0.3 is 21.1 Å². The number of pyridine rings is 1. The predicted octanol–water partition coefficient (Wildman–Crippen LogP) is 2.43. The summed E-state index contributed by atoms with van der Waals surface area (Å²) in [6.07, 6.45) is 2.34. The fourth-order valence-electron chi connectivity index (χ4n) is 3.46. The molecule has 1 unspecified atom stereocenters. The number of nitrogens with one attached hydrogen (secondary N) is 3. The number of carbonyl (C=O) groups excluding carboxylic acids is 1. The molecular weight excluding hydrogens is 387 g/mol. The van der Waals surface area contributed by atoms with Crippen molar-refractivity contribution in [3.8, 4) is 0 Å². The monoisotopic (exact) mass is 414 g/mol. The maximum Gasteiger partial charge on any atom is 0.312 e. The summed E-state index contributed by atoms with van der Waals surface area (Å²) < 4.78 is 13.4. The van der Waals surface area contributed by atoms with Gasteiger partial charge in [-0.2, -0.15) is 0 Å². The first kappa shape index (κ1) is 21.7. The molecule has 2 aromatic rings. The maximum absolute atomic E-state index is 13.4. The highest BCUT2D eigenvalue weighted by Gasteiger charge is 2.21. The van der Waals surface area contributed by atoms with Crippen LogP contribution in [-0.4, -0.2) is 41.1 Å². The van der Waals surface area contributed by atoms with Crippen molar-refractivity contribution < 1.29 is 19.1 Å². The van der Waals surface area contributed by atoms with Gasteiger partial charge in [-0.15, -0.1) is 0 Å². The fourth-order valence-corrected chi connectivity index (χ4v) is 3.46. The summed E-state index contributed by atoms with van der Waals surface area (Å²) in [5.41, 5.74) is 2.44. The number of hydrogen-bond acceptors (Lipinski definition) is 5. The van der Waals surface area contributed by atoms with E-state index in [0.29, 0.717) is 12.1 Å². The van der Waals surface area contributed by atoms with E-state index in [9.17, 15) is 19.1 Å². The van der Waals surface area contributed by atoms with Crippen LogP contribution in [0.2, 0.25) is 0 Å². The van der Waals surface area contributed by atoms with E-state index in [0.717, 1.165) is 30.9 Å². The largest absolute Gasteiger partial charge is 0.481 e. The lowest BCUT2D eigenvalue weighted by atomic mass is 9.99. The van der Waals surface area contributed by atoms with E-state index in [1.165, 1.54) is 23.8 Å². The van der Waals surface area contributed by atoms with E-state index < -0.39 is 17.7 Å². The summed E-state index contributed by atoms with van der Waals surface area (Å²) in [5, 5.41) is 18.6. The minimum atomic E-state index is -1.11. The highest BCUT2D eigenvalue weighted by atomic mass is 19.1. The Morgan fingerprint density at radius 3 is 2.90 bits per heavy atom. The van der Waals surface area contributed by atoms with E-state index >= 15 is 0 Å². The van der Waals surface area contributed by atoms with Gasteiger partial charge in [0, 0.05) is 32.1 Å². The van der Waals surface area contributed by atoms with E-state index in [1.807, 2.05) is 13.0 Å². The van der Waals surface area contributed by atoms with Gasteiger partial charge in [-0.25, -0.2) is 9.37 Å². The molecule has 0 saturated carbocycles. The summed E-state index contributed by atoms with van der Waals surface area (Å²) in [4.78, 5) is 28.4. The summed E-state index contributed by atoms with van der Waals surface area (Å²) in [6.45, 7) is 3.25. The lowest BCUT2D eigenvalue weighted by Crippen LogP contribution is -2.36. The van der Waals surface area contributed by atoms with Gasteiger partial charge in [0.2, 0.25) is 5.91 Å². The van der Waals surface area contributed by atoms with Crippen molar-refractivity contribution in [3.05, 3.63) is 59.0 Å². The molecule has 7 nitrogen and oxygen atoms in total. The van der Waals surface area contributed by atoms with Crippen molar-refractivity contribution in [2.75, 3.05) is 18.4 Å². The highest BCUT2D eigenvalue weighted by Crippen LogP contribution is 2.20. The van der Waals surface area contributed by atoms with E-state index in [1.54, 1.807) is 6.07 Å². The fraction of sp³-hybridized carbons (Fsp3) is 0.409. The zero-order valence-corrected chi connectivity index (χ0v) is 17.0. The molecule has 160 valence electrons. The standard InChI is InChI=1S/C22H27FN4O3/c1-14(25-12-18-8-7-15-5-3-9-24-21(15)27-18)10-20(28)26-13-19(22(29)30)16-4-2-6-17(23)11-16/h2,4,6-8,11,14,19,25H,3,5,9-10,12-13H2,1H3,(H,24,27)(H,26,28)(H,29,30)/t14-,19?/m0/s1. The molecule has 1 aromatic heterocycles. The van der Waals surface area contributed by atoms with Gasteiger partial charge in [0.05, 0.1) is 11.6 Å². The molecular formula is C22H27FN4O3.